The smallest absolute Gasteiger partial charge is 0.225 e. The van der Waals surface area contributed by atoms with E-state index in [0.29, 0.717) is 6.61 Å². The number of hydrogen-bond acceptors (Lipinski definition) is 5. The van der Waals surface area contributed by atoms with Crippen LogP contribution in [0.2, 0.25) is 0 Å². The molecule has 0 spiro atoms. The normalized spacial score (nSPS) is 17.8. The molecular formula is C17H30N4O. The minimum Gasteiger partial charge on any atom is -0.370 e. The van der Waals surface area contributed by atoms with E-state index in [1.54, 1.807) is 0 Å². The van der Waals surface area contributed by atoms with Gasteiger partial charge in [0.2, 0.25) is 5.95 Å². The fourth-order valence-corrected chi connectivity index (χ4v) is 2.49. The van der Waals surface area contributed by atoms with Crippen LogP contribution in [-0.2, 0) is 11.3 Å². The Hall–Kier alpha value is -1.20. The molecule has 22 heavy (non-hydrogen) atoms. The number of anilines is 1. The zero-order chi connectivity index (χ0) is 16.4. The Morgan fingerprint density at radius 3 is 2.23 bits per heavy atom. The van der Waals surface area contributed by atoms with Crippen molar-refractivity contribution in [1.29, 1.82) is 0 Å². The second-order valence-corrected chi connectivity index (χ2v) is 7.89. The van der Waals surface area contributed by atoms with Crippen molar-refractivity contribution in [3.8, 4) is 0 Å². The number of nitrogens with zero attached hydrogens (tertiary/aromatic N) is 4. The third-order valence-electron chi connectivity index (χ3n) is 3.86. The van der Waals surface area contributed by atoms with Gasteiger partial charge in [0, 0.05) is 37.9 Å². The maximum Gasteiger partial charge on any atom is 0.225 e. The minimum atomic E-state index is -0.149. The van der Waals surface area contributed by atoms with Gasteiger partial charge in [0.1, 0.15) is 0 Å². The zero-order valence-corrected chi connectivity index (χ0v) is 14.9. The van der Waals surface area contributed by atoms with Gasteiger partial charge in [0.25, 0.3) is 0 Å². The number of rotatable bonds is 3. The lowest BCUT2D eigenvalue weighted by atomic mass is 10.1. The molecule has 124 valence electrons. The van der Waals surface area contributed by atoms with Crippen LogP contribution in [0.1, 0.15) is 47.2 Å². The lowest BCUT2D eigenvalue weighted by Gasteiger charge is -2.42. The summed E-state index contributed by atoms with van der Waals surface area (Å²) in [6.07, 6.45) is 1.83. The first kappa shape index (κ1) is 17.2. The van der Waals surface area contributed by atoms with Crippen LogP contribution in [0.4, 0.5) is 5.95 Å². The molecule has 0 amide bonds. The fourth-order valence-electron chi connectivity index (χ4n) is 2.49. The Morgan fingerprint density at radius 2 is 1.68 bits per heavy atom. The van der Waals surface area contributed by atoms with E-state index in [1.807, 2.05) is 12.3 Å². The Bertz CT molecular complexity index is 482. The van der Waals surface area contributed by atoms with Crippen molar-refractivity contribution < 1.29 is 4.74 Å². The Labute approximate surface area is 134 Å². The molecular weight excluding hydrogens is 276 g/mol. The molecule has 5 nitrogen and oxygen atoms in total. The summed E-state index contributed by atoms with van der Waals surface area (Å²) in [6.45, 7) is 17.5. The largest absolute Gasteiger partial charge is 0.370 e. The van der Waals surface area contributed by atoms with Crippen molar-refractivity contribution in [1.82, 2.24) is 14.9 Å². The molecule has 5 heteroatoms. The molecule has 0 aliphatic carbocycles. The van der Waals surface area contributed by atoms with Crippen LogP contribution in [0.5, 0.6) is 0 Å². The number of ether oxygens (including phenoxy) is 1. The summed E-state index contributed by atoms with van der Waals surface area (Å²) >= 11 is 0. The fraction of sp³-hybridized carbons (Fsp3) is 0.765. The van der Waals surface area contributed by atoms with Crippen LogP contribution < -0.4 is 4.90 Å². The van der Waals surface area contributed by atoms with Gasteiger partial charge >= 0.3 is 0 Å². The average Bonchev–Trinajstić information content (AvgIpc) is 2.44. The van der Waals surface area contributed by atoms with Gasteiger partial charge in [-0.3, -0.25) is 4.90 Å². The Balaban J connectivity index is 1.96. The quantitative estimate of drug-likeness (QED) is 0.859. The summed E-state index contributed by atoms with van der Waals surface area (Å²) in [5, 5.41) is 0. The van der Waals surface area contributed by atoms with Crippen molar-refractivity contribution in [3.63, 3.8) is 0 Å². The third kappa shape index (κ3) is 4.92. The first-order chi connectivity index (χ1) is 10.1. The summed E-state index contributed by atoms with van der Waals surface area (Å²) in [5.41, 5.74) is 1.02. The molecule has 1 saturated heterocycles. The van der Waals surface area contributed by atoms with Crippen LogP contribution >= 0.6 is 0 Å². The van der Waals surface area contributed by atoms with Crippen LogP contribution in [0, 0.1) is 0 Å². The van der Waals surface area contributed by atoms with Crippen LogP contribution in [-0.4, -0.2) is 52.2 Å². The van der Waals surface area contributed by atoms with Gasteiger partial charge in [0.05, 0.1) is 17.9 Å². The van der Waals surface area contributed by atoms with Crippen LogP contribution in [0.25, 0.3) is 0 Å². The molecule has 2 rings (SSSR count). The summed E-state index contributed by atoms with van der Waals surface area (Å²) in [7, 11) is 0. The molecule has 0 unspecified atom stereocenters. The molecule has 0 bridgehead atoms. The maximum absolute atomic E-state index is 5.80. The van der Waals surface area contributed by atoms with Gasteiger partial charge in [-0.1, -0.05) is 0 Å². The minimum absolute atomic E-state index is 0.149. The summed E-state index contributed by atoms with van der Waals surface area (Å²) < 4.78 is 5.80. The topological polar surface area (TPSA) is 41.5 Å². The maximum atomic E-state index is 5.80. The SMILES string of the molecule is CC(C)(C)OCc1ccnc(N2CCN(C(C)(C)C)CC2)n1. The molecule has 0 saturated carbocycles. The highest BCUT2D eigenvalue weighted by atomic mass is 16.5. The first-order valence-electron chi connectivity index (χ1n) is 8.11. The van der Waals surface area contributed by atoms with Crippen LogP contribution in [0.3, 0.4) is 0 Å². The van der Waals surface area contributed by atoms with Gasteiger partial charge < -0.3 is 9.64 Å². The second kappa shape index (κ2) is 6.50. The van der Waals surface area contributed by atoms with E-state index < -0.39 is 0 Å². The zero-order valence-electron chi connectivity index (χ0n) is 14.9. The van der Waals surface area contributed by atoms with Crippen molar-refractivity contribution in [2.45, 2.75) is 59.3 Å². The van der Waals surface area contributed by atoms with Gasteiger partial charge in [-0.15, -0.1) is 0 Å². The van der Waals surface area contributed by atoms with Crippen molar-refractivity contribution in [3.05, 3.63) is 18.0 Å². The third-order valence-corrected chi connectivity index (χ3v) is 3.86. The van der Waals surface area contributed by atoms with Gasteiger partial charge in [-0.25, -0.2) is 9.97 Å². The van der Waals surface area contributed by atoms with E-state index in [9.17, 15) is 0 Å². The van der Waals surface area contributed by atoms with Gasteiger partial charge in [0.15, 0.2) is 0 Å². The summed E-state index contributed by atoms with van der Waals surface area (Å²) in [5.74, 6) is 0.823. The Morgan fingerprint density at radius 1 is 1.05 bits per heavy atom. The van der Waals surface area contributed by atoms with E-state index in [2.05, 4.69) is 61.3 Å². The molecule has 0 N–H and O–H groups in total. The van der Waals surface area contributed by atoms with Crippen molar-refractivity contribution in [2.75, 3.05) is 31.1 Å². The molecule has 0 aromatic carbocycles. The standard InChI is InChI=1S/C17H30N4O/c1-16(2,3)21-11-9-20(10-12-21)15-18-8-7-14(19-15)13-22-17(4,5)6/h7-8H,9-13H2,1-6H3. The number of hydrogen-bond donors (Lipinski definition) is 0. The highest BCUT2D eigenvalue weighted by Crippen LogP contribution is 2.19. The second-order valence-electron chi connectivity index (χ2n) is 7.89. The number of aromatic nitrogens is 2. The summed E-state index contributed by atoms with van der Waals surface area (Å²) in [4.78, 5) is 13.9. The molecule has 0 radical (unpaired) electrons. The highest BCUT2D eigenvalue weighted by Gasteiger charge is 2.26. The van der Waals surface area contributed by atoms with E-state index in [1.165, 1.54) is 0 Å². The Kier molecular flexibility index (Phi) is 5.07. The molecule has 1 aliphatic rings. The first-order valence-corrected chi connectivity index (χ1v) is 8.11. The predicted molar refractivity (Wildman–Crippen MR) is 90.1 cm³/mol. The van der Waals surface area contributed by atoms with Crippen molar-refractivity contribution in [2.24, 2.45) is 0 Å². The average molecular weight is 306 g/mol. The predicted octanol–water partition coefficient (Wildman–Crippen LogP) is 2.71. The molecule has 2 heterocycles. The van der Waals surface area contributed by atoms with E-state index in [-0.39, 0.29) is 11.1 Å². The lowest BCUT2D eigenvalue weighted by molar-refractivity contribution is -0.0165. The van der Waals surface area contributed by atoms with Crippen molar-refractivity contribution >= 4 is 5.95 Å². The van der Waals surface area contributed by atoms with Crippen LogP contribution in [0.15, 0.2) is 12.3 Å². The molecule has 1 aliphatic heterocycles. The van der Waals surface area contributed by atoms with E-state index in [0.717, 1.165) is 37.8 Å². The monoisotopic (exact) mass is 306 g/mol. The number of piperazine rings is 1. The van der Waals surface area contributed by atoms with E-state index >= 15 is 0 Å². The lowest BCUT2D eigenvalue weighted by Crippen LogP contribution is -2.53. The highest BCUT2D eigenvalue weighted by molar-refractivity contribution is 5.31. The summed E-state index contributed by atoms with van der Waals surface area (Å²) in [6, 6.07) is 1.93. The molecule has 1 aromatic rings. The molecule has 0 atom stereocenters. The van der Waals surface area contributed by atoms with Gasteiger partial charge in [-0.05, 0) is 47.6 Å². The van der Waals surface area contributed by atoms with E-state index in [4.69, 9.17) is 4.74 Å². The molecule has 1 aromatic heterocycles. The molecule has 1 fully saturated rings. The van der Waals surface area contributed by atoms with Gasteiger partial charge in [-0.2, -0.15) is 0 Å².